The van der Waals surface area contributed by atoms with Crippen LogP contribution in [0.5, 0.6) is 0 Å². The van der Waals surface area contributed by atoms with E-state index in [-0.39, 0.29) is 29.6 Å². The van der Waals surface area contributed by atoms with Crippen molar-refractivity contribution in [1.29, 1.82) is 0 Å². The number of rotatable bonds is 8. The third-order valence-electron chi connectivity index (χ3n) is 4.16. The Kier molecular flexibility index (Phi) is 7.65. The number of ether oxygens (including phenoxy) is 1. The molecule has 2 aromatic heterocycles. The summed E-state index contributed by atoms with van der Waals surface area (Å²) in [5, 5.41) is 6.49. The van der Waals surface area contributed by atoms with Gasteiger partial charge in [-0.3, -0.25) is 14.3 Å². The van der Waals surface area contributed by atoms with Crippen molar-refractivity contribution in [3.63, 3.8) is 0 Å². The third-order valence-corrected chi connectivity index (χ3v) is 5.35. The molecule has 0 fully saturated rings. The number of hydrogen-bond acceptors (Lipinski definition) is 6. The van der Waals surface area contributed by atoms with Gasteiger partial charge in [-0.25, -0.2) is 13.6 Å². The number of hydrogen-bond donors (Lipinski definition) is 1. The fourth-order valence-electron chi connectivity index (χ4n) is 2.63. The summed E-state index contributed by atoms with van der Waals surface area (Å²) in [6.45, 7) is 4.88. The van der Waals surface area contributed by atoms with Crippen molar-refractivity contribution in [2.24, 2.45) is 0 Å². The molecule has 164 valence electrons. The van der Waals surface area contributed by atoms with E-state index < -0.39 is 24.0 Å². The summed E-state index contributed by atoms with van der Waals surface area (Å²) in [4.78, 5) is 39.2. The van der Waals surface area contributed by atoms with Crippen molar-refractivity contribution in [2.75, 3.05) is 26.0 Å². The molecule has 2 rings (SSSR count). The summed E-state index contributed by atoms with van der Waals surface area (Å²) in [6, 6.07) is 1.20. The number of carbonyl (C=O) groups excluding carboxylic acids is 3. The number of carbonyl (C=O) groups is 3. The molecule has 2 heterocycles. The molecule has 8 nitrogen and oxygen atoms in total. The molecule has 0 atom stereocenters. The highest BCUT2D eigenvalue weighted by Crippen LogP contribution is 2.34. The maximum Gasteiger partial charge on any atom is 0.341 e. The maximum atomic E-state index is 12.8. The lowest BCUT2D eigenvalue weighted by Gasteiger charge is -2.09. The summed E-state index contributed by atoms with van der Waals surface area (Å²) in [7, 11) is 3.16. The Morgan fingerprint density at radius 3 is 2.50 bits per heavy atom. The van der Waals surface area contributed by atoms with Gasteiger partial charge in [-0.1, -0.05) is 6.92 Å². The van der Waals surface area contributed by atoms with Gasteiger partial charge in [0.1, 0.15) is 17.2 Å². The van der Waals surface area contributed by atoms with Crippen molar-refractivity contribution < 1.29 is 27.9 Å². The van der Waals surface area contributed by atoms with Crippen molar-refractivity contribution >= 4 is 34.1 Å². The van der Waals surface area contributed by atoms with E-state index in [1.807, 2.05) is 6.92 Å². The van der Waals surface area contributed by atoms with E-state index in [0.29, 0.717) is 22.6 Å². The Morgan fingerprint density at radius 1 is 1.30 bits per heavy atom. The number of esters is 1. The summed E-state index contributed by atoms with van der Waals surface area (Å²) in [6.07, 6.45) is -2.13. The average molecular weight is 442 g/mol. The van der Waals surface area contributed by atoms with Crippen LogP contribution in [0.4, 0.5) is 13.8 Å². The summed E-state index contributed by atoms with van der Waals surface area (Å²) in [5.41, 5.74) is 0.492. The van der Waals surface area contributed by atoms with Crippen LogP contribution in [0.25, 0.3) is 0 Å². The monoisotopic (exact) mass is 442 g/mol. The minimum atomic E-state index is -2.74. The Labute approximate surface area is 176 Å². The van der Waals surface area contributed by atoms with E-state index in [1.54, 1.807) is 27.9 Å². The number of thiophene rings is 1. The van der Waals surface area contributed by atoms with E-state index in [0.717, 1.165) is 16.0 Å². The van der Waals surface area contributed by atoms with Crippen molar-refractivity contribution in [1.82, 2.24) is 14.7 Å². The number of anilines is 1. The second kappa shape index (κ2) is 9.79. The minimum Gasteiger partial charge on any atom is -0.462 e. The lowest BCUT2D eigenvalue weighted by atomic mass is 10.1. The zero-order valence-electron chi connectivity index (χ0n) is 17.4. The van der Waals surface area contributed by atoms with Crippen LogP contribution in [0.15, 0.2) is 6.07 Å². The predicted octanol–water partition coefficient (Wildman–Crippen LogP) is 3.41. The summed E-state index contributed by atoms with van der Waals surface area (Å²) >= 11 is 0.964. The normalized spacial score (nSPS) is 10.9. The van der Waals surface area contributed by atoms with Crippen molar-refractivity contribution in [3.05, 3.63) is 33.5 Å². The molecule has 0 aliphatic carbocycles. The SMILES string of the molecule is CCCOC(=O)c1c(NC(=O)Cn2nc(C(F)F)cc2C)sc(C(=O)N(C)C)c1C. The van der Waals surface area contributed by atoms with E-state index in [4.69, 9.17) is 4.74 Å². The lowest BCUT2D eigenvalue weighted by Crippen LogP contribution is -2.21. The molecule has 2 amide bonds. The van der Waals surface area contributed by atoms with Gasteiger partial charge >= 0.3 is 5.97 Å². The number of nitrogens with zero attached hydrogens (tertiary/aromatic N) is 3. The summed E-state index contributed by atoms with van der Waals surface area (Å²) < 4.78 is 32.0. The molecular formula is C19H24F2N4O4S. The maximum absolute atomic E-state index is 12.8. The fraction of sp³-hybridized carbons (Fsp3) is 0.474. The van der Waals surface area contributed by atoms with Crippen LogP contribution in [0.1, 0.15) is 56.8 Å². The molecule has 11 heteroatoms. The van der Waals surface area contributed by atoms with Crippen molar-refractivity contribution in [2.45, 2.75) is 40.2 Å². The molecule has 2 aromatic rings. The number of aromatic nitrogens is 2. The minimum absolute atomic E-state index is 0.109. The third kappa shape index (κ3) is 5.21. The second-order valence-corrected chi connectivity index (χ2v) is 7.83. The molecule has 30 heavy (non-hydrogen) atoms. The second-order valence-electron chi connectivity index (χ2n) is 6.81. The van der Waals surface area contributed by atoms with Gasteiger partial charge in [0.15, 0.2) is 0 Å². The van der Waals surface area contributed by atoms with E-state index in [1.165, 1.54) is 11.0 Å². The first-order valence-corrected chi connectivity index (χ1v) is 10.0. The molecule has 0 aliphatic rings. The Morgan fingerprint density at radius 2 is 1.97 bits per heavy atom. The van der Waals surface area contributed by atoms with E-state index >= 15 is 0 Å². The number of nitrogens with one attached hydrogen (secondary N) is 1. The molecular weight excluding hydrogens is 418 g/mol. The van der Waals surface area contributed by atoms with Gasteiger partial charge in [0.05, 0.1) is 17.0 Å². The van der Waals surface area contributed by atoms with Gasteiger partial charge < -0.3 is 15.0 Å². The van der Waals surface area contributed by atoms with Gasteiger partial charge in [0.2, 0.25) is 5.91 Å². The zero-order chi connectivity index (χ0) is 22.6. The number of aryl methyl sites for hydroxylation is 1. The van der Waals surface area contributed by atoms with E-state index in [9.17, 15) is 23.2 Å². The van der Waals surface area contributed by atoms with Crippen LogP contribution in [0, 0.1) is 13.8 Å². The molecule has 0 saturated carbocycles. The first-order chi connectivity index (χ1) is 14.1. The molecule has 1 N–H and O–H groups in total. The van der Waals surface area contributed by atoms with Gasteiger partial charge in [0, 0.05) is 19.8 Å². The highest BCUT2D eigenvalue weighted by Gasteiger charge is 2.27. The van der Waals surface area contributed by atoms with Crippen LogP contribution >= 0.6 is 11.3 Å². The van der Waals surface area contributed by atoms with E-state index in [2.05, 4.69) is 10.4 Å². The van der Waals surface area contributed by atoms with Crippen LogP contribution in [-0.4, -0.2) is 53.2 Å². The number of amides is 2. The smallest absolute Gasteiger partial charge is 0.341 e. The predicted molar refractivity (Wildman–Crippen MR) is 108 cm³/mol. The molecule has 0 unspecified atom stereocenters. The highest BCUT2D eigenvalue weighted by atomic mass is 32.1. The average Bonchev–Trinajstić information content (AvgIpc) is 3.19. The molecule has 0 spiro atoms. The topological polar surface area (TPSA) is 93.5 Å². The number of alkyl halides is 2. The Balaban J connectivity index is 2.32. The number of halogens is 2. The standard InChI is InChI=1S/C19H24F2N4O4S/c1-6-7-29-19(28)14-11(3)15(18(27)24(4)5)30-17(14)22-13(26)9-25-10(2)8-12(23-25)16(20)21/h8,16H,6-7,9H2,1-5H3,(H,22,26). The van der Waals surface area contributed by atoms with Crippen LogP contribution < -0.4 is 5.32 Å². The van der Waals surface area contributed by atoms with Crippen LogP contribution in [0.2, 0.25) is 0 Å². The molecule has 0 aromatic carbocycles. The largest absolute Gasteiger partial charge is 0.462 e. The lowest BCUT2D eigenvalue weighted by molar-refractivity contribution is -0.116. The first-order valence-electron chi connectivity index (χ1n) is 9.21. The fourth-order valence-corrected chi connectivity index (χ4v) is 3.86. The van der Waals surface area contributed by atoms with Gasteiger partial charge in [0.25, 0.3) is 12.3 Å². The van der Waals surface area contributed by atoms with Crippen LogP contribution in [0.3, 0.4) is 0 Å². The zero-order valence-corrected chi connectivity index (χ0v) is 18.2. The Bertz CT molecular complexity index is 953. The van der Waals surface area contributed by atoms with Crippen molar-refractivity contribution in [3.8, 4) is 0 Å². The first kappa shape index (κ1) is 23.5. The molecule has 0 saturated heterocycles. The Hall–Kier alpha value is -2.82. The van der Waals surface area contributed by atoms with Crippen LogP contribution in [-0.2, 0) is 16.1 Å². The summed E-state index contributed by atoms with van der Waals surface area (Å²) in [5.74, 6) is -1.53. The van der Waals surface area contributed by atoms with Gasteiger partial charge in [-0.05, 0) is 31.9 Å². The highest BCUT2D eigenvalue weighted by molar-refractivity contribution is 7.18. The molecule has 0 aliphatic heterocycles. The quantitative estimate of drug-likeness (QED) is 0.633. The molecule has 0 bridgehead atoms. The van der Waals surface area contributed by atoms with Gasteiger partial charge in [-0.15, -0.1) is 11.3 Å². The molecule has 0 radical (unpaired) electrons. The van der Waals surface area contributed by atoms with Gasteiger partial charge in [-0.2, -0.15) is 5.10 Å².